The predicted molar refractivity (Wildman–Crippen MR) is 72.8 cm³/mol. The smallest absolute Gasteiger partial charge is 0.297 e. The SMILES string of the molecule is C=COC=O.Cl.Cl.Cl.Cl.c1ccccc1. The lowest BCUT2D eigenvalue weighted by Gasteiger charge is -1.71. The minimum atomic E-state index is 0. The second-order valence-corrected chi connectivity index (χ2v) is 1.55. The molecule has 0 saturated heterocycles. The van der Waals surface area contributed by atoms with Crippen LogP contribution in [-0.4, -0.2) is 6.47 Å². The average molecular weight is 296 g/mol. The van der Waals surface area contributed by atoms with E-state index in [1.54, 1.807) is 0 Å². The normalized spacial score (nSPS) is 5.07. The summed E-state index contributed by atoms with van der Waals surface area (Å²) in [6.07, 6.45) is 1.06. The molecular formula is C9H14Cl4O2. The molecule has 0 N–H and O–H groups in total. The number of benzene rings is 1. The summed E-state index contributed by atoms with van der Waals surface area (Å²) in [5.74, 6) is 0. The van der Waals surface area contributed by atoms with Crippen LogP contribution in [0.1, 0.15) is 0 Å². The fraction of sp³-hybridized carbons (Fsp3) is 0. The van der Waals surface area contributed by atoms with Crippen LogP contribution in [-0.2, 0) is 9.53 Å². The molecular weight excluding hydrogens is 282 g/mol. The highest BCUT2D eigenvalue weighted by Crippen LogP contribution is 1.79. The monoisotopic (exact) mass is 294 g/mol. The van der Waals surface area contributed by atoms with Crippen molar-refractivity contribution in [1.29, 1.82) is 0 Å². The van der Waals surface area contributed by atoms with Gasteiger partial charge in [-0.05, 0) is 0 Å². The number of carbonyl (C=O) groups is 1. The first kappa shape index (κ1) is 29.3. The first-order chi connectivity index (χ1) is 5.41. The maximum Gasteiger partial charge on any atom is 0.297 e. The molecule has 0 fully saturated rings. The zero-order chi connectivity index (χ0) is 8.36. The lowest BCUT2D eigenvalue weighted by Crippen LogP contribution is -1.66. The van der Waals surface area contributed by atoms with E-state index in [-0.39, 0.29) is 49.6 Å². The summed E-state index contributed by atoms with van der Waals surface area (Å²) in [5.41, 5.74) is 0. The first-order valence-electron chi connectivity index (χ1n) is 3.12. The lowest BCUT2D eigenvalue weighted by molar-refractivity contribution is -0.123. The number of rotatable bonds is 2. The highest BCUT2D eigenvalue weighted by atomic mass is 35.5. The maximum atomic E-state index is 9.11. The summed E-state index contributed by atoms with van der Waals surface area (Å²) < 4.78 is 3.92. The Balaban J connectivity index is -0.0000000356. The third-order valence-electron chi connectivity index (χ3n) is 0.818. The molecule has 0 radical (unpaired) electrons. The Labute approximate surface area is 115 Å². The molecule has 0 aromatic heterocycles. The van der Waals surface area contributed by atoms with Gasteiger partial charge in [-0.3, -0.25) is 4.79 Å². The Morgan fingerprint density at radius 2 is 1.07 bits per heavy atom. The summed E-state index contributed by atoms with van der Waals surface area (Å²) in [6, 6.07) is 12.0. The molecule has 1 aromatic rings. The van der Waals surface area contributed by atoms with Crippen molar-refractivity contribution in [2.75, 3.05) is 0 Å². The molecule has 1 aromatic carbocycles. The van der Waals surface area contributed by atoms with Gasteiger partial charge >= 0.3 is 0 Å². The van der Waals surface area contributed by atoms with E-state index in [2.05, 4.69) is 11.3 Å². The number of hydrogen-bond acceptors (Lipinski definition) is 2. The highest BCUT2D eigenvalue weighted by Gasteiger charge is 1.57. The Morgan fingerprint density at radius 3 is 1.13 bits per heavy atom. The average Bonchev–Trinajstić information content (AvgIpc) is 2.10. The molecule has 0 bridgehead atoms. The summed E-state index contributed by atoms with van der Waals surface area (Å²) in [7, 11) is 0. The first-order valence-corrected chi connectivity index (χ1v) is 3.12. The van der Waals surface area contributed by atoms with Gasteiger partial charge in [0.05, 0.1) is 6.26 Å². The van der Waals surface area contributed by atoms with E-state index >= 15 is 0 Å². The number of hydrogen-bond donors (Lipinski definition) is 0. The van der Waals surface area contributed by atoms with Gasteiger partial charge in [-0.1, -0.05) is 43.0 Å². The van der Waals surface area contributed by atoms with Crippen LogP contribution >= 0.6 is 49.6 Å². The van der Waals surface area contributed by atoms with Crippen molar-refractivity contribution in [1.82, 2.24) is 0 Å². The molecule has 0 saturated carbocycles. The second-order valence-electron chi connectivity index (χ2n) is 1.55. The third-order valence-corrected chi connectivity index (χ3v) is 0.818. The summed E-state index contributed by atoms with van der Waals surface area (Å²) >= 11 is 0. The molecule has 0 aliphatic rings. The van der Waals surface area contributed by atoms with E-state index in [1.807, 2.05) is 36.4 Å². The third kappa shape index (κ3) is 31.7. The van der Waals surface area contributed by atoms with Crippen LogP contribution in [0.5, 0.6) is 0 Å². The Morgan fingerprint density at radius 1 is 0.800 bits per heavy atom. The molecule has 90 valence electrons. The van der Waals surface area contributed by atoms with Gasteiger partial charge in [0.15, 0.2) is 0 Å². The molecule has 0 atom stereocenters. The van der Waals surface area contributed by atoms with E-state index in [9.17, 15) is 0 Å². The van der Waals surface area contributed by atoms with E-state index in [4.69, 9.17) is 4.79 Å². The molecule has 0 spiro atoms. The van der Waals surface area contributed by atoms with Gasteiger partial charge in [0, 0.05) is 0 Å². The fourth-order valence-electron chi connectivity index (χ4n) is 0.424. The summed E-state index contributed by atoms with van der Waals surface area (Å²) in [6.45, 7) is 3.41. The number of ether oxygens (including phenoxy) is 1. The molecule has 6 heteroatoms. The Kier molecular flexibility index (Phi) is 57.0. The van der Waals surface area contributed by atoms with Crippen LogP contribution in [0.2, 0.25) is 0 Å². The van der Waals surface area contributed by atoms with Gasteiger partial charge in [0.25, 0.3) is 6.47 Å². The Hall–Kier alpha value is -0.410. The molecule has 2 nitrogen and oxygen atoms in total. The number of carbonyl (C=O) groups excluding carboxylic acids is 1. The van der Waals surface area contributed by atoms with Crippen molar-refractivity contribution in [2.45, 2.75) is 0 Å². The second kappa shape index (κ2) is 29.2. The van der Waals surface area contributed by atoms with Gasteiger partial charge < -0.3 is 4.74 Å². The van der Waals surface area contributed by atoms with E-state index < -0.39 is 0 Å². The number of halogens is 4. The van der Waals surface area contributed by atoms with Gasteiger partial charge in [0.2, 0.25) is 0 Å². The van der Waals surface area contributed by atoms with Crippen molar-refractivity contribution < 1.29 is 9.53 Å². The minimum Gasteiger partial charge on any atom is -0.437 e. The lowest BCUT2D eigenvalue weighted by atomic mass is 10.4. The standard InChI is InChI=1S/C6H6.C3H4O2.4ClH/c1-2-4-6-5-3-1;1-2-5-3-4;;;;/h1-6H;2-3H,1H2;4*1H. The van der Waals surface area contributed by atoms with Crippen molar-refractivity contribution >= 4 is 56.1 Å². The molecule has 1 rings (SSSR count). The van der Waals surface area contributed by atoms with Crippen molar-refractivity contribution in [3.63, 3.8) is 0 Å². The Bertz CT molecular complexity index is 162. The van der Waals surface area contributed by atoms with Gasteiger partial charge in [-0.25, -0.2) is 0 Å². The van der Waals surface area contributed by atoms with Crippen LogP contribution in [0, 0.1) is 0 Å². The quantitative estimate of drug-likeness (QED) is 0.614. The van der Waals surface area contributed by atoms with Crippen LogP contribution < -0.4 is 0 Å². The predicted octanol–water partition coefficient (Wildman–Crippen LogP) is 3.68. The fourth-order valence-corrected chi connectivity index (χ4v) is 0.424. The van der Waals surface area contributed by atoms with Crippen molar-refractivity contribution in [3.8, 4) is 0 Å². The van der Waals surface area contributed by atoms with Crippen LogP contribution in [0.3, 0.4) is 0 Å². The molecule has 15 heavy (non-hydrogen) atoms. The highest BCUT2D eigenvalue weighted by molar-refractivity contribution is 5.86. The zero-order valence-corrected chi connectivity index (χ0v) is 11.0. The van der Waals surface area contributed by atoms with Crippen molar-refractivity contribution in [2.24, 2.45) is 0 Å². The summed E-state index contributed by atoms with van der Waals surface area (Å²) in [5, 5.41) is 0. The molecule has 0 heterocycles. The van der Waals surface area contributed by atoms with Gasteiger partial charge in [-0.15, -0.1) is 49.6 Å². The minimum absolute atomic E-state index is 0. The van der Waals surface area contributed by atoms with E-state index in [0.717, 1.165) is 6.26 Å². The van der Waals surface area contributed by atoms with E-state index in [0.29, 0.717) is 6.47 Å². The van der Waals surface area contributed by atoms with Crippen molar-refractivity contribution in [3.05, 3.63) is 49.2 Å². The topological polar surface area (TPSA) is 26.3 Å². The molecule has 0 unspecified atom stereocenters. The van der Waals surface area contributed by atoms with E-state index in [1.165, 1.54) is 0 Å². The van der Waals surface area contributed by atoms with Gasteiger partial charge in [-0.2, -0.15) is 0 Å². The largest absolute Gasteiger partial charge is 0.437 e. The van der Waals surface area contributed by atoms with Gasteiger partial charge in [0.1, 0.15) is 0 Å². The zero-order valence-electron chi connectivity index (χ0n) is 7.78. The summed E-state index contributed by atoms with van der Waals surface area (Å²) in [4.78, 5) is 9.11. The molecule has 0 aliphatic carbocycles. The van der Waals surface area contributed by atoms with Crippen LogP contribution in [0.15, 0.2) is 49.2 Å². The molecule has 0 aliphatic heterocycles. The van der Waals surface area contributed by atoms with Crippen LogP contribution in [0.4, 0.5) is 0 Å². The van der Waals surface area contributed by atoms with Crippen LogP contribution in [0.25, 0.3) is 0 Å². The molecule has 0 amide bonds. The maximum absolute atomic E-state index is 9.11.